The maximum atomic E-state index is 9.46. The largest absolute Gasteiger partial charge is 0.392 e. The number of nitrogens with two attached hydrogens (primary N) is 1. The lowest BCUT2D eigenvalue weighted by Crippen LogP contribution is -2.28. The Balaban J connectivity index is 2.47. The van der Waals surface area contributed by atoms with Crippen molar-refractivity contribution in [3.8, 4) is 0 Å². The number of aliphatic hydroxyl groups is 1. The number of pyridine rings is 1. The quantitative estimate of drug-likeness (QED) is 0.857. The zero-order chi connectivity index (χ0) is 13.1. The number of rotatable bonds is 4. The molecule has 0 radical (unpaired) electrons. The Kier molecular flexibility index (Phi) is 3.79. The molecular formula is C14H19N3O. The lowest BCUT2D eigenvalue weighted by atomic mass is 10.1. The van der Waals surface area contributed by atoms with E-state index in [0.29, 0.717) is 13.1 Å². The zero-order valence-corrected chi connectivity index (χ0v) is 10.8. The van der Waals surface area contributed by atoms with Crippen LogP contribution in [0.25, 0.3) is 10.9 Å². The monoisotopic (exact) mass is 245 g/mol. The maximum Gasteiger partial charge on any atom is 0.133 e. The van der Waals surface area contributed by atoms with Crippen LogP contribution in [0, 0.1) is 0 Å². The van der Waals surface area contributed by atoms with Crippen molar-refractivity contribution in [2.24, 2.45) is 5.73 Å². The van der Waals surface area contributed by atoms with Gasteiger partial charge in [-0.2, -0.15) is 0 Å². The van der Waals surface area contributed by atoms with Gasteiger partial charge < -0.3 is 15.7 Å². The number of aromatic nitrogens is 1. The molecule has 0 fully saturated rings. The Bertz CT molecular complexity index is 540. The van der Waals surface area contributed by atoms with E-state index in [2.05, 4.69) is 11.1 Å². The zero-order valence-electron chi connectivity index (χ0n) is 10.8. The Labute approximate surface area is 107 Å². The summed E-state index contributed by atoms with van der Waals surface area (Å²) in [6, 6.07) is 10.0. The van der Waals surface area contributed by atoms with Gasteiger partial charge in [0.15, 0.2) is 0 Å². The van der Waals surface area contributed by atoms with E-state index in [-0.39, 0.29) is 0 Å². The molecule has 1 atom stereocenters. The highest BCUT2D eigenvalue weighted by Crippen LogP contribution is 2.22. The van der Waals surface area contributed by atoms with Crippen molar-refractivity contribution in [3.05, 3.63) is 35.9 Å². The van der Waals surface area contributed by atoms with Gasteiger partial charge in [-0.15, -0.1) is 0 Å². The second kappa shape index (κ2) is 5.33. The fourth-order valence-electron chi connectivity index (χ4n) is 2.11. The van der Waals surface area contributed by atoms with E-state index in [1.54, 1.807) is 6.92 Å². The summed E-state index contributed by atoms with van der Waals surface area (Å²) in [6.45, 7) is 2.75. The van der Waals surface area contributed by atoms with Crippen molar-refractivity contribution in [3.63, 3.8) is 0 Å². The normalized spacial score (nSPS) is 12.7. The summed E-state index contributed by atoms with van der Waals surface area (Å²) in [4.78, 5) is 6.58. The Morgan fingerprint density at radius 1 is 1.39 bits per heavy atom. The summed E-state index contributed by atoms with van der Waals surface area (Å²) in [5.41, 5.74) is 7.72. The van der Waals surface area contributed by atoms with Gasteiger partial charge >= 0.3 is 0 Å². The fourth-order valence-corrected chi connectivity index (χ4v) is 2.11. The molecule has 96 valence electrons. The smallest absolute Gasteiger partial charge is 0.133 e. The van der Waals surface area contributed by atoms with E-state index < -0.39 is 6.10 Å². The Hall–Kier alpha value is -1.65. The van der Waals surface area contributed by atoms with Gasteiger partial charge in [-0.1, -0.05) is 18.2 Å². The van der Waals surface area contributed by atoms with Gasteiger partial charge in [0.25, 0.3) is 0 Å². The van der Waals surface area contributed by atoms with Crippen LogP contribution < -0.4 is 10.6 Å². The summed E-state index contributed by atoms with van der Waals surface area (Å²) in [5, 5.41) is 10.6. The third kappa shape index (κ3) is 2.60. The number of fused-ring (bicyclic) bond motifs is 1. The van der Waals surface area contributed by atoms with Gasteiger partial charge in [-0.25, -0.2) is 4.98 Å². The molecule has 0 saturated heterocycles. The van der Waals surface area contributed by atoms with Crippen molar-refractivity contribution >= 4 is 16.7 Å². The second-order valence-electron chi connectivity index (χ2n) is 4.60. The van der Waals surface area contributed by atoms with Crippen LogP contribution >= 0.6 is 0 Å². The molecule has 0 aliphatic rings. The van der Waals surface area contributed by atoms with Crippen LogP contribution in [0.15, 0.2) is 30.3 Å². The molecule has 0 saturated carbocycles. The fraction of sp³-hybridized carbons (Fsp3) is 0.357. The van der Waals surface area contributed by atoms with Crippen molar-refractivity contribution < 1.29 is 5.11 Å². The van der Waals surface area contributed by atoms with E-state index in [9.17, 15) is 5.11 Å². The van der Waals surface area contributed by atoms with Crippen molar-refractivity contribution in [1.29, 1.82) is 0 Å². The molecule has 1 aromatic carbocycles. The molecule has 0 bridgehead atoms. The Morgan fingerprint density at radius 3 is 2.78 bits per heavy atom. The second-order valence-corrected chi connectivity index (χ2v) is 4.60. The molecule has 1 heterocycles. The van der Waals surface area contributed by atoms with Gasteiger partial charge in [-0.3, -0.25) is 0 Å². The summed E-state index contributed by atoms with van der Waals surface area (Å²) >= 11 is 0. The number of nitrogens with zero attached hydrogens (tertiary/aromatic N) is 2. The highest BCUT2D eigenvalue weighted by molar-refractivity contribution is 5.81. The molecule has 0 spiro atoms. The first-order valence-electron chi connectivity index (χ1n) is 6.09. The molecule has 4 heteroatoms. The molecule has 1 unspecified atom stereocenters. The molecular weight excluding hydrogens is 226 g/mol. The van der Waals surface area contributed by atoms with Crippen LogP contribution in [0.4, 0.5) is 5.82 Å². The predicted octanol–water partition coefficient (Wildman–Crippen LogP) is 1.51. The minimum atomic E-state index is -0.395. The maximum absolute atomic E-state index is 9.46. The van der Waals surface area contributed by atoms with Gasteiger partial charge in [0.1, 0.15) is 5.82 Å². The highest BCUT2D eigenvalue weighted by atomic mass is 16.3. The molecule has 0 aliphatic carbocycles. The van der Waals surface area contributed by atoms with E-state index in [0.717, 1.165) is 22.3 Å². The van der Waals surface area contributed by atoms with Gasteiger partial charge in [0.05, 0.1) is 11.6 Å². The number of aliphatic hydroxyl groups excluding tert-OH is 1. The average molecular weight is 245 g/mol. The molecule has 0 aliphatic heterocycles. The average Bonchev–Trinajstić information content (AvgIpc) is 2.36. The summed E-state index contributed by atoms with van der Waals surface area (Å²) < 4.78 is 0. The lowest BCUT2D eigenvalue weighted by Gasteiger charge is -2.22. The van der Waals surface area contributed by atoms with Crippen molar-refractivity contribution in [2.75, 3.05) is 18.5 Å². The molecule has 3 N–H and O–H groups in total. The first-order valence-corrected chi connectivity index (χ1v) is 6.09. The van der Waals surface area contributed by atoms with Crippen LogP contribution in [0.2, 0.25) is 0 Å². The Morgan fingerprint density at radius 2 is 2.11 bits per heavy atom. The van der Waals surface area contributed by atoms with Crippen LogP contribution in [0.3, 0.4) is 0 Å². The van der Waals surface area contributed by atoms with E-state index >= 15 is 0 Å². The van der Waals surface area contributed by atoms with E-state index in [1.165, 1.54) is 0 Å². The predicted molar refractivity (Wildman–Crippen MR) is 74.6 cm³/mol. The number of anilines is 1. The molecule has 4 nitrogen and oxygen atoms in total. The summed E-state index contributed by atoms with van der Waals surface area (Å²) in [7, 11) is 1.92. The van der Waals surface area contributed by atoms with Crippen LogP contribution in [-0.4, -0.2) is 29.8 Å². The summed E-state index contributed by atoms with van der Waals surface area (Å²) in [5.74, 6) is 0.845. The lowest BCUT2D eigenvalue weighted by molar-refractivity contribution is 0.201. The van der Waals surface area contributed by atoms with Crippen LogP contribution in [0.5, 0.6) is 0 Å². The third-order valence-electron chi connectivity index (χ3n) is 2.90. The number of likely N-dealkylation sites (N-methyl/N-ethyl adjacent to an activating group) is 1. The first-order chi connectivity index (χ1) is 8.61. The molecule has 1 aromatic heterocycles. The number of hydrogen-bond donors (Lipinski definition) is 2. The van der Waals surface area contributed by atoms with E-state index in [1.807, 2.05) is 36.2 Å². The topological polar surface area (TPSA) is 62.4 Å². The molecule has 18 heavy (non-hydrogen) atoms. The molecule has 0 amide bonds. The molecule has 2 aromatic rings. The van der Waals surface area contributed by atoms with Gasteiger partial charge in [-0.05, 0) is 19.1 Å². The molecule has 2 rings (SSSR count). The van der Waals surface area contributed by atoms with Crippen LogP contribution in [-0.2, 0) is 6.54 Å². The number of benzene rings is 1. The minimum absolute atomic E-state index is 0.395. The SMILES string of the molecule is CC(O)CN(C)c1nc2ccccc2cc1CN. The number of hydrogen-bond acceptors (Lipinski definition) is 4. The summed E-state index contributed by atoms with van der Waals surface area (Å²) in [6.07, 6.45) is -0.395. The van der Waals surface area contributed by atoms with Gasteiger partial charge in [0, 0.05) is 31.1 Å². The highest BCUT2D eigenvalue weighted by Gasteiger charge is 2.11. The number of para-hydroxylation sites is 1. The van der Waals surface area contributed by atoms with Crippen LogP contribution in [0.1, 0.15) is 12.5 Å². The minimum Gasteiger partial charge on any atom is -0.392 e. The third-order valence-corrected chi connectivity index (χ3v) is 2.90. The van der Waals surface area contributed by atoms with Crippen molar-refractivity contribution in [2.45, 2.75) is 19.6 Å². The van der Waals surface area contributed by atoms with Crippen molar-refractivity contribution in [1.82, 2.24) is 4.98 Å². The van der Waals surface area contributed by atoms with Gasteiger partial charge in [0.2, 0.25) is 0 Å². The van der Waals surface area contributed by atoms with E-state index in [4.69, 9.17) is 5.73 Å². The standard InChI is InChI=1S/C14H19N3O/c1-10(18)9-17(2)14-12(8-15)7-11-5-3-4-6-13(11)16-14/h3-7,10,18H,8-9,15H2,1-2H3. The first kappa shape index (κ1) is 12.8.